The van der Waals surface area contributed by atoms with Crippen molar-refractivity contribution in [2.45, 2.75) is 443 Å². The molecule has 0 aliphatic carbocycles. The van der Waals surface area contributed by atoms with Crippen LogP contribution in [0.25, 0.3) is 0 Å². The van der Waals surface area contributed by atoms with E-state index in [4.69, 9.17) is 4.74 Å². The Labute approximate surface area is 520 Å². The molecule has 0 aromatic heterocycles. The van der Waals surface area contributed by atoms with E-state index in [1.807, 2.05) is 6.08 Å². The molecule has 0 saturated heterocycles. The van der Waals surface area contributed by atoms with Crippen LogP contribution in [0, 0.1) is 0 Å². The normalized spacial score (nSPS) is 12.6. The Bertz CT molecular complexity index is 1300. The van der Waals surface area contributed by atoms with Crippen molar-refractivity contribution in [1.29, 1.82) is 0 Å². The van der Waals surface area contributed by atoms with Crippen LogP contribution in [-0.4, -0.2) is 47.4 Å². The highest BCUT2D eigenvalue weighted by atomic mass is 16.5. The van der Waals surface area contributed by atoms with Crippen LogP contribution in [0.15, 0.2) is 24.3 Å². The summed E-state index contributed by atoms with van der Waals surface area (Å²) in [5.74, 6) is -0.0446. The van der Waals surface area contributed by atoms with E-state index >= 15 is 0 Å². The fraction of sp³-hybridized carbons (Fsp3) is 0.922. The lowest BCUT2D eigenvalue weighted by Gasteiger charge is -2.20. The average Bonchev–Trinajstić information content (AvgIpc) is 3.49. The molecule has 0 radical (unpaired) electrons. The summed E-state index contributed by atoms with van der Waals surface area (Å²) in [6.45, 7) is 4.92. The highest BCUT2D eigenvalue weighted by molar-refractivity contribution is 5.76. The number of unbranched alkanes of at least 4 members (excludes halogenated alkanes) is 59. The van der Waals surface area contributed by atoms with Gasteiger partial charge in [-0.25, -0.2) is 0 Å². The van der Waals surface area contributed by atoms with E-state index in [-0.39, 0.29) is 18.5 Å². The first kappa shape index (κ1) is 81.3. The summed E-state index contributed by atoms with van der Waals surface area (Å²) >= 11 is 0. The van der Waals surface area contributed by atoms with Crippen molar-refractivity contribution in [2.75, 3.05) is 13.2 Å². The largest absolute Gasteiger partial charge is 0.466 e. The number of esters is 1. The number of nitrogens with one attached hydrogen (secondary N) is 1. The monoisotopic (exact) mass is 1170 g/mol. The van der Waals surface area contributed by atoms with Gasteiger partial charge in [0.25, 0.3) is 0 Å². The fourth-order valence-corrected chi connectivity index (χ4v) is 12.2. The zero-order valence-electron chi connectivity index (χ0n) is 56.5. The van der Waals surface area contributed by atoms with Crippen molar-refractivity contribution < 1.29 is 24.5 Å². The summed E-state index contributed by atoms with van der Waals surface area (Å²) in [6, 6.07) is -0.622. The summed E-state index contributed by atoms with van der Waals surface area (Å²) in [7, 11) is 0. The molecule has 0 saturated carbocycles. The Kier molecular flexibility index (Phi) is 71.4. The summed E-state index contributed by atoms with van der Waals surface area (Å²) in [6.07, 6.45) is 93.1. The summed E-state index contributed by atoms with van der Waals surface area (Å²) in [5.41, 5.74) is 0. The number of hydrogen-bond donors (Lipinski definition) is 3. The molecular formula is C77H149NO5. The highest BCUT2D eigenvalue weighted by Crippen LogP contribution is 2.20. The molecular weight excluding hydrogens is 1020 g/mol. The predicted octanol–water partition coefficient (Wildman–Crippen LogP) is 24.9. The van der Waals surface area contributed by atoms with E-state index in [1.54, 1.807) is 6.08 Å². The molecule has 492 valence electrons. The van der Waals surface area contributed by atoms with Crippen molar-refractivity contribution in [1.82, 2.24) is 5.32 Å². The molecule has 2 atom stereocenters. The van der Waals surface area contributed by atoms with Gasteiger partial charge in [0, 0.05) is 12.8 Å². The molecule has 0 fully saturated rings. The first-order valence-corrected chi connectivity index (χ1v) is 38.1. The van der Waals surface area contributed by atoms with Crippen molar-refractivity contribution in [3.05, 3.63) is 24.3 Å². The Hall–Kier alpha value is -1.66. The Balaban J connectivity index is 3.30. The number of ether oxygens (including phenoxy) is 1. The van der Waals surface area contributed by atoms with Crippen LogP contribution in [0.1, 0.15) is 431 Å². The molecule has 0 bridgehead atoms. The lowest BCUT2D eigenvalue weighted by Crippen LogP contribution is -2.45. The molecule has 0 aromatic rings. The standard InChI is InChI=1S/C77H149NO5/c1-3-5-7-9-11-13-15-17-43-46-49-53-57-61-65-69-75(80)74(73-79)78-76(81)70-66-62-58-54-50-47-44-41-39-37-35-33-31-29-27-25-23-21-19-18-20-22-24-26-28-30-32-34-36-38-40-42-45-48-52-56-60-64-68-72-83-77(82)71-67-63-59-55-51-16-14-12-10-8-6-4-2/h12,14,65,69,74-75,79-80H,3-11,13,15-64,66-68,70-73H2,1-2H3,(H,78,81)/b14-12-,69-65+. The smallest absolute Gasteiger partial charge is 0.305 e. The van der Waals surface area contributed by atoms with E-state index in [0.29, 0.717) is 19.4 Å². The number of allylic oxidation sites excluding steroid dienone is 3. The van der Waals surface area contributed by atoms with Crippen molar-refractivity contribution in [3.8, 4) is 0 Å². The number of rotatable bonds is 72. The molecule has 0 aliphatic heterocycles. The van der Waals surface area contributed by atoms with Gasteiger partial charge in [-0.15, -0.1) is 0 Å². The lowest BCUT2D eigenvalue weighted by atomic mass is 10.0. The molecule has 6 heteroatoms. The minimum Gasteiger partial charge on any atom is -0.466 e. The number of carbonyl (C=O) groups excluding carboxylic acids is 2. The first-order valence-electron chi connectivity index (χ1n) is 38.1. The molecule has 6 nitrogen and oxygen atoms in total. The van der Waals surface area contributed by atoms with Crippen molar-refractivity contribution >= 4 is 11.9 Å². The van der Waals surface area contributed by atoms with Crippen molar-refractivity contribution in [2.24, 2.45) is 0 Å². The van der Waals surface area contributed by atoms with E-state index in [9.17, 15) is 19.8 Å². The van der Waals surface area contributed by atoms with Gasteiger partial charge >= 0.3 is 5.97 Å². The number of hydrogen-bond acceptors (Lipinski definition) is 5. The van der Waals surface area contributed by atoms with E-state index < -0.39 is 12.1 Å². The van der Waals surface area contributed by atoms with E-state index in [0.717, 1.165) is 44.9 Å². The minimum atomic E-state index is -0.839. The van der Waals surface area contributed by atoms with E-state index in [2.05, 4.69) is 31.3 Å². The molecule has 0 aromatic carbocycles. The van der Waals surface area contributed by atoms with Gasteiger partial charge in [0.05, 0.1) is 25.4 Å². The third-order valence-corrected chi connectivity index (χ3v) is 18.0. The van der Waals surface area contributed by atoms with Gasteiger partial charge in [0.15, 0.2) is 0 Å². The van der Waals surface area contributed by atoms with Gasteiger partial charge in [0.1, 0.15) is 0 Å². The van der Waals surface area contributed by atoms with Crippen LogP contribution in [0.4, 0.5) is 0 Å². The van der Waals surface area contributed by atoms with Gasteiger partial charge in [0.2, 0.25) is 5.91 Å². The maximum absolute atomic E-state index is 12.5. The van der Waals surface area contributed by atoms with E-state index in [1.165, 1.54) is 360 Å². The maximum atomic E-state index is 12.5. The molecule has 83 heavy (non-hydrogen) atoms. The predicted molar refractivity (Wildman–Crippen MR) is 366 cm³/mol. The van der Waals surface area contributed by atoms with Crippen LogP contribution in [-0.2, 0) is 14.3 Å². The van der Waals surface area contributed by atoms with Crippen LogP contribution < -0.4 is 5.32 Å². The topological polar surface area (TPSA) is 95.9 Å². The number of carbonyl (C=O) groups is 2. The SMILES string of the molecule is CCCCC/C=C\CCCCCCCC(=O)OCCCCCCCCCCCCCCCCCCCCCCCCCCCCCCCCCCCCCCCCCC(=O)NC(CO)C(O)/C=C/CCCCCCCCCCCCCCC. The fourth-order valence-electron chi connectivity index (χ4n) is 12.2. The Morgan fingerprint density at radius 2 is 0.566 bits per heavy atom. The Morgan fingerprint density at radius 1 is 0.325 bits per heavy atom. The third kappa shape index (κ3) is 69.3. The van der Waals surface area contributed by atoms with Crippen LogP contribution >= 0.6 is 0 Å². The molecule has 3 N–H and O–H groups in total. The molecule has 0 heterocycles. The quantitative estimate of drug-likeness (QED) is 0.0320. The maximum Gasteiger partial charge on any atom is 0.305 e. The second kappa shape index (κ2) is 72.8. The minimum absolute atomic E-state index is 0.0143. The number of aliphatic hydroxyl groups excluding tert-OH is 2. The average molecular weight is 1170 g/mol. The lowest BCUT2D eigenvalue weighted by molar-refractivity contribution is -0.143. The van der Waals surface area contributed by atoms with Gasteiger partial charge in [-0.2, -0.15) is 0 Å². The highest BCUT2D eigenvalue weighted by Gasteiger charge is 2.18. The number of aliphatic hydroxyl groups is 2. The zero-order valence-corrected chi connectivity index (χ0v) is 56.5. The first-order chi connectivity index (χ1) is 41.0. The zero-order chi connectivity index (χ0) is 59.9. The van der Waals surface area contributed by atoms with Crippen LogP contribution in [0.2, 0.25) is 0 Å². The molecule has 2 unspecified atom stereocenters. The molecule has 0 aliphatic rings. The summed E-state index contributed by atoms with van der Waals surface area (Å²) in [4.78, 5) is 24.5. The van der Waals surface area contributed by atoms with Gasteiger partial charge in [-0.3, -0.25) is 9.59 Å². The molecule has 1 amide bonds. The molecule has 0 spiro atoms. The molecule has 0 rings (SSSR count). The van der Waals surface area contributed by atoms with Gasteiger partial charge in [-0.1, -0.05) is 385 Å². The van der Waals surface area contributed by atoms with Gasteiger partial charge in [-0.05, 0) is 57.8 Å². The summed E-state index contributed by atoms with van der Waals surface area (Å²) in [5, 5.41) is 23.2. The van der Waals surface area contributed by atoms with Crippen LogP contribution in [0.5, 0.6) is 0 Å². The van der Waals surface area contributed by atoms with Gasteiger partial charge < -0.3 is 20.3 Å². The third-order valence-electron chi connectivity index (χ3n) is 18.0. The van der Waals surface area contributed by atoms with Crippen LogP contribution in [0.3, 0.4) is 0 Å². The Morgan fingerprint density at radius 3 is 0.880 bits per heavy atom. The van der Waals surface area contributed by atoms with Crippen molar-refractivity contribution in [3.63, 3.8) is 0 Å². The second-order valence-corrected chi connectivity index (χ2v) is 26.3. The number of amides is 1. The summed E-state index contributed by atoms with van der Waals surface area (Å²) < 4.78 is 5.48. The second-order valence-electron chi connectivity index (χ2n) is 26.3.